The lowest BCUT2D eigenvalue weighted by atomic mass is 10.0. The zero-order valence-corrected chi connectivity index (χ0v) is 11.6. The molecular weight excluding hydrogens is 256 g/mol. The van der Waals surface area contributed by atoms with E-state index in [9.17, 15) is 14.7 Å². The van der Waals surface area contributed by atoms with E-state index >= 15 is 0 Å². The van der Waals surface area contributed by atoms with E-state index in [-0.39, 0.29) is 6.03 Å². The summed E-state index contributed by atoms with van der Waals surface area (Å²) in [6, 6.07) is -0.430. The van der Waals surface area contributed by atoms with Gasteiger partial charge in [-0.05, 0) is 62.2 Å². The topological polar surface area (TPSA) is 69.6 Å². The molecule has 0 radical (unpaired) electrons. The van der Waals surface area contributed by atoms with Crippen molar-refractivity contribution in [3.63, 3.8) is 0 Å². The van der Waals surface area contributed by atoms with Gasteiger partial charge < -0.3 is 15.3 Å². The maximum atomic E-state index is 12.4. The minimum Gasteiger partial charge on any atom is -0.480 e. The SMILES string of the molecule is O=C(O)C1CCCCN1C(=O)NC1C2C3CCC(C3)C12. The second kappa shape index (κ2) is 4.37. The highest BCUT2D eigenvalue weighted by molar-refractivity contribution is 5.83. The van der Waals surface area contributed by atoms with Crippen molar-refractivity contribution in [2.45, 2.75) is 50.6 Å². The van der Waals surface area contributed by atoms with Crippen molar-refractivity contribution in [3.8, 4) is 0 Å². The standard InChI is InChI=1S/C15H22N2O3/c18-14(19)10-3-1-2-6-17(10)15(20)16-13-11-8-4-5-9(7-8)12(11)13/h8-13H,1-7H2,(H,16,20)(H,18,19). The van der Waals surface area contributed by atoms with E-state index in [0.29, 0.717) is 30.8 Å². The summed E-state index contributed by atoms with van der Waals surface area (Å²) >= 11 is 0. The number of aliphatic carboxylic acids is 1. The third-order valence-electron chi connectivity index (χ3n) is 6.07. The molecule has 2 N–H and O–H groups in total. The molecule has 3 aliphatic carbocycles. The van der Waals surface area contributed by atoms with Crippen LogP contribution in [0.5, 0.6) is 0 Å². The normalized spacial score (nSPS) is 45.1. The summed E-state index contributed by atoms with van der Waals surface area (Å²) in [4.78, 5) is 25.2. The van der Waals surface area contributed by atoms with E-state index in [1.54, 1.807) is 4.90 Å². The Bertz CT molecular complexity index is 436. The molecule has 1 saturated heterocycles. The van der Waals surface area contributed by atoms with Gasteiger partial charge in [0.1, 0.15) is 6.04 Å². The number of piperidine rings is 1. The number of likely N-dealkylation sites (tertiary alicyclic amines) is 1. The minimum atomic E-state index is -0.865. The van der Waals surface area contributed by atoms with Gasteiger partial charge >= 0.3 is 12.0 Å². The molecule has 0 spiro atoms. The Balaban J connectivity index is 1.40. The minimum absolute atomic E-state index is 0.143. The highest BCUT2D eigenvalue weighted by Crippen LogP contribution is 2.65. The molecule has 5 atom stereocenters. The number of nitrogens with one attached hydrogen (secondary N) is 1. The molecule has 0 aromatic heterocycles. The summed E-state index contributed by atoms with van der Waals surface area (Å²) < 4.78 is 0. The zero-order valence-electron chi connectivity index (χ0n) is 11.6. The van der Waals surface area contributed by atoms with Gasteiger partial charge in [0.2, 0.25) is 0 Å². The van der Waals surface area contributed by atoms with Crippen LogP contribution in [-0.2, 0) is 4.79 Å². The number of carbonyl (C=O) groups is 2. The van der Waals surface area contributed by atoms with Crippen LogP contribution in [0.15, 0.2) is 0 Å². The number of hydrogen-bond donors (Lipinski definition) is 2. The molecule has 2 bridgehead atoms. The van der Waals surface area contributed by atoms with E-state index in [2.05, 4.69) is 5.32 Å². The van der Waals surface area contributed by atoms with Crippen molar-refractivity contribution >= 4 is 12.0 Å². The van der Waals surface area contributed by atoms with Gasteiger partial charge in [-0.25, -0.2) is 9.59 Å². The number of hydrogen-bond acceptors (Lipinski definition) is 2. The quantitative estimate of drug-likeness (QED) is 0.807. The number of carboxylic acid groups (broad SMARTS) is 1. The zero-order chi connectivity index (χ0) is 13.9. The number of fused-ring (bicyclic) bond motifs is 5. The Kier molecular flexibility index (Phi) is 2.72. The van der Waals surface area contributed by atoms with Crippen molar-refractivity contribution in [1.82, 2.24) is 10.2 Å². The molecule has 110 valence electrons. The largest absolute Gasteiger partial charge is 0.480 e. The van der Waals surface area contributed by atoms with Crippen LogP contribution in [-0.4, -0.2) is 40.6 Å². The first-order valence-electron chi connectivity index (χ1n) is 7.97. The average Bonchev–Trinajstić information content (AvgIpc) is 2.84. The van der Waals surface area contributed by atoms with Crippen molar-refractivity contribution < 1.29 is 14.7 Å². The van der Waals surface area contributed by atoms with Gasteiger partial charge in [-0.15, -0.1) is 0 Å². The predicted octanol–water partition coefficient (Wildman–Crippen LogP) is 1.68. The third-order valence-corrected chi connectivity index (χ3v) is 6.07. The second-order valence-electron chi connectivity index (χ2n) is 7.01. The van der Waals surface area contributed by atoms with E-state index < -0.39 is 12.0 Å². The summed E-state index contributed by atoms with van der Waals surface area (Å²) in [6.45, 7) is 0.581. The molecule has 4 fully saturated rings. The molecule has 0 aromatic carbocycles. The lowest BCUT2D eigenvalue weighted by Crippen LogP contribution is -2.52. The monoisotopic (exact) mass is 278 g/mol. The predicted molar refractivity (Wildman–Crippen MR) is 72.1 cm³/mol. The summed E-state index contributed by atoms with van der Waals surface area (Å²) in [5, 5.41) is 12.4. The molecule has 5 unspecified atom stereocenters. The van der Waals surface area contributed by atoms with Gasteiger partial charge in [0.15, 0.2) is 0 Å². The fourth-order valence-corrected chi connectivity index (χ4v) is 5.18. The first-order chi connectivity index (χ1) is 9.66. The highest BCUT2D eigenvalue weighted by Gasteiger charge is 2.65. The van der Waals surface area contributed by atoms with Crippen molar-refractivity contribution in [3.05, 3.63) is 0 Å². The Morgan fingerprint density at radius 3 is 2.40 bits per heavy atom. The number of carboxylic acids is 1. The van der Waals surface area contributed by atoms with Crippen LogP contribution in [0.1, 0.15) is 38.5 Å². The molecule has 3 saturated carbocycles. The van der Waals surface area contributed by atoms with Gasteiger partial charge in [0.25, 0.3) is 0 Å². The highest BCUT2D eigenvalue weighted by atomic mass is 16.4. The van der Waals surface area contributed by atoms with Crippen LogP contribution in [0.4, 0.5) is 4.79 Å². The van der Waals surface area contributed by atoms with Crippen LogP contribution >= 0.6 is 0 Å². The summed E-state index contributed by atoms with van der Waals surface area (Å²) in [5.74, 6) is 2.19. The van der Waals surface area contributed by atoms with Crippen molar-refractivity contribution in [1.29, 1.82) is 0 Å². The molecule has 2 amide bonds. The first-order valence-corrected chi connectivity index (χ1v) is 7.97. The molecule has 0 aromatic rings. The molecule has 1 heterocycles. The van der Waals surface area contributed by atoms with Gasteiger partial charge in [-0.1, -0.05) is 0 Å². The van der Waals surface area contributed by atoms with Gasteiger partial charge in [0.05, 0.1) is 0 Å². The molecule has 4 rings (SSSR count). The Morgan fingerprint density at radius 2 is 1.75 bits per heavy atom. The van der Waals surface area contributed by atoms with Gasteiger partial charge in [0, 0.05) is 12.6 Å². The number of rotatable bonds is 2. The first kappa shape index (κ1) is 12.5. The van der Waals surface area contributed by atoms with Crippen LogP contribution in [0.2, 0.25) is 0 Å². The van der Waals surface area contributed by atoms with E-state index in [1.165, 1.54) is 19.3 Å². The summed E-state index contributed by atoms with van der Waals surface area (Å²) in [6.07, 6.45) is 6.44. The van der Waals surface area contributed by atoms with Crippen LogP contribution < -0.4 is 5.32 Å². The summed E-state index contributed by atoms with van der Waals surface area (Å²) in [5.41, 5.74) is 0. The maximum Gasteiger partial charge on any atom is 0.326 e. The molecule has 20 heavy (non-hydrogen) atoms. The van der Waals surface area contributed by atoms with E-state index in [4.69, 9.17) is 0 Å². The Morgan fingerprint density at radius 1 is 1.05 bits per heavy atom. The summed E-state index contributed by atoms with van der Waals surface area (Å²) in [7, 11) is 0. The fourth-order valence-electron chi connectivity index (χ4n) is 5.18. The van der Waals surface area contributed by atoms with Crippen LogP contribution in [0, 0.1) is 23.7 Å². The lowest BCUT2D eigenvalue weighted by Gasteiger charge is -2.33. The van der Waals surface area contributed by atoms with E-state index in [1.807, 2.05) is 0 Å². The number of urea groups is 1. The fraction of sp³-hybridized carbons (Fsp3) is 0.867. The van der Waals surface area contributed by atoms with Crippen molar-refractivity contribution in [2.75, 3.05) is 6.54 Å². The van der Waals surface area contributed by atoms with E-state index in [0.717, 1.165) is 24.7 Å². The molecule has 5 nitrogen and oxygen atoms in total. The maximum absolute atomic E-state index is 12.4. The van der Waals surface area contributed by atoms with Crippen LogP contribution in [0.25, 0.3) is 0 Å². The Hall–Kier alpha value is -1.26. The van der Waals surface area contributed by atoms with Gasteiger partial charge in [-0.3, -0.25) is 0 Å². The third kappa shape index (κ3) is 1.75. The number of carbonyl (C=O) groups excluding carboxylic acids is 1. The molecular formula is C15H22N2O3. The van der Waals surface area contributed by atoms with Gasteiger partial charge in [-0.2, -0.15) is 0 Å². The van der Waals surface area contributed by atoms with Crippen LogP contribution in [0.3, 0.4) is 0 Å². The smallest absolute Gasteiger partial charge is 0.326 e. The number of amides is 2. The molecule has 4 aliphatic rings. The average molecular weight is 278 g/mol. The number of nitrogens with zero attached hydrogens (tertiary/aromatic N) is 1. The molecule has 1 aliphatic heterocycles. The molecule has 5 heteroatoms. The Labute approximate surface area is 118 Å². The second-order valence-corrected chi connectivity index (χ2v) is 7.01. The van der Waals surface area contributed by atoms with Crippen molar-refractivity contribution in [2.24, 2.45) is 23.7 Å². The lowest BCUT2D eigenvalue weighted by molar-refractivity contribution is -0.143.